The lowest BCUT2D eigenvalue weighted by molar-refractivity contribution is -0.140. The van der Waals surface area contributed by atoms with Gasteiger partial charge in [0.2, 0.25) is 0 Å². The van der Waals surface area contributed by atoms with E-state index in [4.69, 9.17) is 56.4 Å². The number of carbonyl (C=O) groups is 10. The first-order valence-corrected chi connectivity index (χ1v) is 53.2. The largest absolute Gasteiger partial charge is 0.508 e. The van der Waals surface area contributed by atoms with Gasteiger partial charge in [0.25, 0.3) is 17.7 Å². The number of nitrogens with two attached hydrogens (primary N) is 1. The Morgan fingerprint density at radius 1 is 0.426 bits per heavy atom. The second kappa shape index (κ2) is 55.4. The zero-order valence-corrected chi connectivity index (χ0v) is 93.1. The van der Waals surface area contributed by atoms with Gasteiger partial charge in [-0.25, -0.2) is 28.8 Å². The molecule has 148 heavy (non-hydrogen) atoms. The summed E-state index contributed by atoms with van der Waals surface area (Å²) in [7, 11) is 5.48. The number of rotatable bonds is 25. The van der Waals surface area contributed by atoms with E-state index < -0.39 is 40.7 Å². The Balaban J connectivity index is 0.000000226. The molecule has 800 valence electrons. The Bertz CT molecular complexity index is 5700. The summed E-state index contributed by atoms with van der Waals surface area (Å²) in [6.07, 6.45) is 17.5. The molecule has 4 amide bonds. The van der Waals surface area contributed by atoms with E-state index in [1.807, 2.05) is 94.4 Å². The number of aliphatic imine (C=N–C) groups is 3. The van der Waals surface area contributed by atoms with Crippen LogP contribution in [0.5, 0.6) is 11.5 Å². The molecule has 3 spiro atoms. The molecule has 0 radical (unpaired) electrons. The molecular formula is C118H152Br2Cl2N8O18. The number of aromatic hydroxyl groups is 2. The van der Waals surface area contributed by atoms with Gasteiger partial charge in [-0.05, 0) is 327 Å². The highest BCUT2D eigenvalue weighted by Crippen LogP contribution is 2.52. The predicted octanol–water partition coefficient (Wildman–Crippen LogP) is 26.7. The number of phenols is 2. The Morgan fingerprint density at radius 3 is 0.980 bits per heavy atom. The summed E-state index contributed by atoms with van der Waals surface area (Å²) in [4.78, 5) is 144. The van der Waals surface area contributed by atoms with Crippen LogP contribution in [-0.2, 0) is 47.7 Å². The van der Waals surface area contributed by atoms with E-state index in [1.54, 1.807) is 130 Å². The van der Waals surface area contributed by atoms with Gasteiger partial charge in [0, 0.05) is 44.5 Å². The molecule has 6 N–H and O–H groups in total. The molecule has 30 heteroatoms. The maximum atomic E-state index is 14.0. The highest BCUT2D eigenvalue weighted by Gasteiger charge is 2.56. The molecular weight excluding hydrogens is 2050 g/mol. The standard InChI is InChI=1S/C28H33BrN2O3.C28H33ClN2O4.C28H34N2O4.C13H16BrNO4.C11H15NO2.C9H16O.CH4.ClH/c1-5-24(20-6-8-22(9-7-20)27(33)34-4)31-26(32)25(21-10-12-23(29)13-11-21)30-28(31)16-14-19(15-17-28)18(2)3;1-5-23(19-6-8-20(9-7-19)27(34)35-4)31-26(33)25(21-10-11-24(32)22(29)16-21)30-28(31)14-12-18(13-15-28)17(2)3;1-5-24(20-6-8-22(9-7-20)27(33)34-4)30-26(32)25(21-10-12-23(31)13-11-21)29-28(30)16-14-19(15-17-28)18(2)3;1-13(2,3)19-12(18)15-10(11(16)17)8-4-6-9(14)7-5-8;1-3-10(12)8-4-6-9(7-5-8)11(13)14-2;1-7(2)8-3-5-9(10)6-4-8;;/h6-13,18-19,24H,5,14-17H2,1-4H3;6-11,16-18,23,32H,5,12-15H2,1-4H3;6-13,18-19,24,31H,5,14-17H2,1-4H3;4-7,10H,1-3H3,(H,15,18)(H,16,17);4-7,10H,3,12H2,1-2H3;7-8H,3-6H2,1-2H3;1H4;1H/t19?,24-,28?;18?,23-,28?;19?,24-,28?;;10-;;;/m111.1.../s1. The first-order chi connectivity index (χ1) is 69.4. The van der Waals surface area contributed by atoms with Crippen molar-refractivity contribution in [3.05, 3.63) is 269 Å². The third kappa shape index (κ3) is 30.7. The van der Waals surface area contributed by atoms with Crippen LogP contribution in [0.15, 0.2) is 212 Å². The van der Waals surface area contributed by atoms with Gasteiger partial charge in [0.1, 0.15) is 57.0 Å². The van der Waals surface area contributed by atoms with Crippen molar-refractivity contribution < 1.29 is 86.9 Å². The first kappa shape index (κ1) is 122. The molecule has 0 bridgehead atoms. The summed E-state index contributed by atoms with van der Waals surface area (Å²) in [6.45, 7) is 31.5. The summed E-state index contributed by atoms with van der Waals surface area (Å²) >= 11 is 12.9. The monoisotopic (exact) mass is 2200 g/mol. The lowest BCUT2D eigenvalue weighted by Gasteiger charge is -2.46. The van der Waals surface area contributed by atoms with Crippen LogP contribution in [0.4, 0.5) is 4.79 Å². The van der Waals surface area contributed by atoms with Gasteiger partial charge in [0.15, 0.2) is 6.04 Å². The molecule has 4 aliphatic carbocycles. The molecule has 7 aliphatic rings. The number of benzene rings is 8. The van der Waals surface area contributed by atoms with Gasteiger partial charge in [-0.3, -0.25) is 34.2 Å². The number of carboxylic acid groups (broad SMARTS) is 1. The van der Waals surface area contributed by atoms with Crippen LogP contribution in [0, 0.1) is 47.3 Å². The molecule has 4 saturated carbocycles. The zero-order valence-electron chi connectivity index (χ0n) is 88.3. The smallest absolute Gasteiger partial charge is 0.408 e. The third-order valence-corrected chi connectivity index (χ3v) is 30.8. The van der Waals surface area contributed by atoms with E-state index in [0.717, 1.165) is 176 Å². The highest BCUT2D eigenvalue weighted by molar-refractivity contribution is 9.10. The second-order valence-electron chi connectivity index (χ2n) is 41.1. The number of Topliss-reactive ketones (excluding diaryl/α,β-unsaturated/α-hetero) is 1. The fraction of sp³-hybridized carbons (Fsp3) is 0.483. The average Bonchev–Trinajstić information content (AvgIpc) is 1.59. The number of nitrogens with zero attached hydrogens (tertiary/aromatic N) is 6. The van der Waals surface area contributed by atoms with Gasteiger partial charge >= 0.3 is 35.9 Å². The number of phenolic OH excluding ortho intramolecular Hbond substituents is 2. The fourth-order valence-corrected chi connectivity index (χ4v) is 21.5. The average molecular weight is 2200 g/mol. The molecule has 8 aromatic carbocycles. The van der Waals surface area contributed by atoms with Crippen molar-refractivity contribution in [2.75, 3.05) is 28.4 Å². The van der Waals surface area contributed by atoms with Crippen molar-refractivity contribution in [2.24, 2.45) is 68.1 Å². The molecule has 1 unspecified atom stereocenters. The Morgan fingerprint density at radius 2 is 0.703 bits per heavy atom. The number of ketones is 1. The topological polar surface area (TPSA) is 362 Å². The minimum Gasteiger partial charge on any atom is -0.508 e. The van der Waals surface area contributed by atoms with Crippen LogP contribution in [0.2, 0.25) is 5.02 Å². The van der Waals surface area contributed by atoms with Gasteiger partial charge < -0.3 is 64.8 Å². The van der Waals surface area contributed by atoms with Crippen molar-refractivity contribution in [1.29, 1.82) is 0 Å². The van der Waals surface area contributed by atoms with Crippen molar-refractivity contribution >= 4 is 132 Å². The van der Waals surface area contributed by atoms with Gasteiger partial charge in [-0.15, -0.1) is 12.4 Å². The predicted molar refractivity (Wildman–Crippen MR) is 591 cm³/mol. The van der Waals surface area contributed by atoms with E-state index >= 15 is 0 Å². The Labute approximate surface area is 902 Å². The van der Waals surface area contributed by atoms with Gasteiger partial charge in [-0.1, -0.05) is 207 Å². The molecule has 4 fully saturated rings. The number of carbonyl (C=O) groups excluding carboxylic acids is 9. The number of amides is 4. The number of alkyl carbamates (subject to hydrolysis) is 1. The lowest BCUT2D eigenvalue weighted by atomic mass is 9.76. The number of carboxylic acids is 1. The van der Waals surface area contributed by atoms with Crippen LogP contribution in [0.3, 0.4) is 0 Å². The maximum Gasteiger partial charge on any atom is 0.408 e. The molecule has 5 atom stereocenters. The normalized spacial score (nSPS) is 20.4. The summed E-state index contributed by atoms with van der Waals surface area (Å²) in [5.41, 5.74) is 13.6. The van der Waals surface area contributed by atoms with Crippen molar-refractivity contribution in [2.45, 2.75) is 292 Å². The van der Waals surface area contributed by atoms with Crippen LogP contribution in [0.25, 0.3) is 0 Å². The molecule has 0 saturated heterocycles. The molecule has 15 rings (SSSR count). The Hall–Kier alpha value is -11.4. The van der Waals surface area contributed by atoms with Gasteiger partial charge in [-0.2, -0.15) is 0 Å². The van der Waals surface area contributed by atoms with Crippen LogP contribution in [-0.4, -0.2) is 158 Å². The molecule has 0 aromatic heterocycles. The number of halogens is 4. The quantitative estimate of drug-likeness (QED) is 0.0262. The van der Waals surface area contributed by atoms with E-state index in [0.29, 0.717) is 98.2 Å². The number of ether oxygens (including phenoxy) is 5. The second-order valence-corrected chi connectivity index (χ2v) is 43.4. The van der Waals surface area contributed by atoms with E-state index in [9.17, 15) is 58.2 Å². The number of nitrogens with one attached hydrogen (secondary N) is 1. The van der Waals surface area contributed by atoms with E-state index in [-0.39, 0.29) is 102 Å². The number of aliphatic carboxylic acids is 1. The SMILES string of the molecule is C.CC(C)(C)OC(=O)NC(C(=O)O)c1ccc(Br)cc1.CC(C)C1CCC(=O)CC1.CC[C@@H](N)c1ccc(C(=O)OC)cc1.CC[C@H](c1ccc(C(=O)OC)cc1)N1C(=O)C(c2ccc(Br)cc2)=NC12CCC(C(C)C)CC2.CC[C@H](c1ccc(C(=O)OC)cc1)N1C(=O)C(c2ccc(O)c(Cl)c2)=NC12CCC(C(C)C)CC2.CC[C@H](c1ccc(C(=O)OC)cc1)N1C(=O)C(c2ccc(O)cc2)=NC12CCC(C(C)C)CC2.Cl. The zero-order chi connectivity index (χ0) is 107. The number of hydrogen-bond acceptors (Lipinski definition) is 21. The highest BCUT2D eigenvalue weighted by atomic mass is 79.9. The van der Waals surface area contributed by atoms with Crippen LogP contribution < -0.4 is 11.1 Å². The van der Waals surface area contributed by atoms with Crippen LogP contribution >= 0.6 is 55.9 Å². The molecule has 3 aliphatic heterocycles. The minimum absolute atomic E-state index is 0. The number of hydrogen-bond donors (Lipinski definition) is 5. The van der Waals surface area contributed by atoms with Crippen molar-refractivity contribution in [3.63, 3.8) is 0 Å². The summed E-state index contributed by atoms with van der Waals surface area (Å²) in [5.74, 6) is 3.14. The third-order valence-electron chi connectivity index (χ3n) is 29.5. The lowest BCUT2D eigenvalue weighted by Crippen LogP contribution is -2.51. The van der Waals surface area contributed by atoms with Crippen molar-refractivity contribution in [3.8, 4) is 11.5 Å². The maximum absolute atomic E-state index is 14.0. The fourth-order valence-electron chi connectivity index (χ4n) is 20.7. The Kier molecular flexibility index (Phi) is 45.6. The van der Waals surface area contributed by atoms with E-state index in [1.165, 1.54) is 34.5 Å². The summed E-state index contributed by atoms with van der Waals surface area (Å²) in [6, 6.07) is 53.7. The molecule has 26 nitrogen and oxygen atoms in total. The first-order valence-electron chi connectivity index (χ1n) is 51.2. The molecule has 8 aromatic rings. The van der Waals surface area contributed by atoms with Crippen molar-refractivity contribution in [1.82, 2.24) is 20.0 Å². The summed E-state index contributed by atoms with van der Waals surface area (Å²) in [5, 5.41) is 31.3. The molecule has 3 heterocycles. The summed E-state index contributed by atoms with van der Waals surface area (Å²) < 4.78 is 25.9. The number of esters is 4. The minimum atomic E-state index is -1.15. The van der Waals surface area contributed by atoms with Gasteiger partial charge in [0.05, 0.1) is 73.8 Å². The van der Waals surface area contributed by atoms with Crippen LogP contribution in [0.1, 0.15) is 356 Å². The number of methoxy groups -OCH3 is 4. The van der Waals surface area contributed by atoms with E-state index in [2.05, 4.69) is 118 Å².